The van der Waals surface area contributed by atoms with Gasteiger partial charge in [0.05, 0.1) is 16.5 Å². The summed E-state index contributed by atoms with van der Waals surface area (Å²) in [6, 6.07) is 20.2. The first kappa shape index (κ1) is 20.1. The van der Waals surface area contributed by atoms with Gasteiger partial charge in [-0.25, -0.2) is 8.42 Å². The van der Waals surface area contributed by atoms with E-state index in [1.807, 2.05) is 54.6 Å². The summed E-state index contributed by atoms with van der Waals surface area (Å²) in [5.41, 5.74) is 0.687. The van der Waals surface area contributed by atoms with E-state index < -0.39 is 10.0 Å². The number of amides is 1. The van der Waals surface area contributed by atoms with Crippen molar-refractivity contribution in [1.82, 2.24) is 4.31 Å². The molecule has 150 valence electrons. The van der Waals surface area contributed by atoms with Gasteiger partial charge < -0.3 is 5.32 Å². The van der Waals surface area contributed by atoms with E-state index in [0.29, 0.717) is 25.1 Å². The Morgan fingerprint density at radius 2 is 1.72 bits per heavy atom. The monoisotopic (exact) mass is 472 g/mol. The van der Waals surface area contributed by atoms with Crippen molar-refractivity contribution in [3.8, 4) is 0 Å². The third kappa shape index (κ3) is 4.22. The largest absolute Gasteiger partial charge is 0.325 e. The van der Waals surface area contributed by atoms with E-state index in [1.54, 1.807) is 12.1 Å². The normalized spacial score (nSPS) is 17.9. The Labute approximate surface area is 178 Å². The Balaban J connectivity index is 1.53. The molecule has 0 bridgehead atoms. The van der Waals surface area contributed by atoms with E-state index in [2.05, 4.69) is 21.2 Å². The molecule has 5 nitrogen and oxygen atoms in total. The molecule has 0 aromatic heterocycles. The van der Waals surface area contributed by atoms with Gasteiger partial charge in [-0.15, -0.1) is 0 Å². The van der Waals surface area contributed by atoms with Crippen molar-refractivity contribution in [2.75, 3.05) is 18.4 Å². The molecule has 0 aliphatic carbocycles. The predicted molar refractivity (Wildman–Crippen MR) is 118 cm³/mol. The first-order valence-corrected chi connectivity index (χ1v) is 11.7. The average molecular weight is 473 g/mol. The smallest absolute Gasteiger partial charge is 0.243 e. The highest BCUT2D eigenvalue weighted by Gasteiger charge is 2.33. The number of halogens is 1. The van der Waals surface area contributed by atoms with E-state index in [-0.39, 0.29) is 23.3 Å². The minimum atomic E-state index is -3.66. The molecule has 1 saturated heterocycles. The fraction of sp³-hybridized carbons (Fsp3) is 0.227. The summed E-state index contributed by atoms with van der Waals surface area (Å²) in [4.78, 5) is 13.0. The number of nitrogens with one attached hydrogen (secondary N) is 1. The van der Waals surface area contributed by atoms with Crippen molar-refractivity contribution in [1.29, 1.82) is 0 Å². The van der Waals surface area contributed by atoms with Gasteiger partial charge in [0.1, 0.15) is 0 Å². The number of para-hydroxylation sites is 1. The van der Waals surface area contributed by atoms with Crippen LogP contribution in [0.1, 0.15) is 12.8 Å². The number of carbonyl (C=O) groups excluding carboxylic acids is 1. The number of benzene rings is 3. The van der Waals surface area contributed by atoms with Crippen molar-refractivity contribution >= 4 is 48.3 Å². The van der Waals surface area contributed by atoms with Gasteiger partial charge in [0.2, 0.25) is 15.9 Å². The number of anilines is 1. The van der Waals surface area contributed by atoms with Gasteiger partial charge in [0, 0.05) is 17.6 Å². The van der Waals surface area contributed by atoms with E-state index >= 15 is 0 Å². The molecular weight excluding hydrogens is 452 g/mol. The molecule has 29 heavy (non-hydrogen) atoms. The SMILES string of the molecule is O=C(Nc1ccccc1Br)[C@@H]1CCCN(S(=O)(=O)c2ccc3ccccc3c2)C1. The molecule has 1 aliphatic heterocycles. The number of carbonyl (C=O) groups is 1. The summed E-state index contributed by atoms with van der Waals surface area (Å²) >= 11 is 3.42. The summed E-state index contributed by atoms with van der Waals surface area (Å²) in [7, 11) is -3.66. The van der Waals surface area contributed by atoms with Crippen LogP contribution < -0.4 is 5.32 Å². The van der Waals surface area contributed by atoms with Gasteiger partial charge in [-0.05, 0) is 63.8 Å². The van der Waals surface area contributed by atoms with Crippen LogP contribution in [0.5, 0.6) is 0 Å². The first-order chi connectivity index (χ1) is 13.9. The fourth-order valence-electron chi connectivity index (χ4n) is 3.65. The number of fused-ring (bicyclic) bond motifs is 1. The van der Waals surface area contributed by atoms with Crippen LogP contribution >= 0.6 is 15.9 Å². The zero-order valence-electron chi connectivity index (χ0n) is 15.7. The summed E-state index contributed by atoms with van der Waals surface area (Å²) in [5, 5.41) is 4.79. The van der Waals surface area contributed by atoms with Crippen LogP contribution in [0.3, 0.4) is 0 Å². The van der Waals surface area contributed by atoms with Crippen molar-refractivity contribution in [2.24, 2.45) is 5.92 Å². The molecule has 0 saturated carbocycles. The Bertz CT molecular complexity index is 1160. The van der Waals surface area contributed by atoms with Crippen molar-refractivity contribution in [3.05, 3.63) is 71.2 Å². The third-order valence-electron chi connectivity index (χ3n) is 5.25. The van der Waals surface area contributed by atoms with Gasteiger partial charge in [-0.3, -0.25) is 4.79 Å². The second kappa shape index (κ2) is 8.26. The maximum absolute atomic E-state index is 13.2. The van der Waals surface area contributed by atoms with Gasteiger partial charge in [0.15, 0.2) is 0 Å². The molecule has 0 spiro atoms. The first-order valence-electron chi connectivity index (χ1n) is 9.49. The Morgan fingerprint density at radius 3 is 2.52 bits per heavy atom. The van der Waals surface area contributed by atoms with E-state index in [4.69, 9.17) is 0 Å². The van der Waals surface area contributed by atoms with Crippen LogP contribution in [0.2, 0.25) is 0 Å². The van der Waals surface area contributed by atoms with Crippen molar-refractivity contribution in [2.45, 2.75) is 17.7 Å². The molecule has 3 aromatic carbocycles. The van der Waals surface area contributed by atoms with E-state index in [9.17, 15) is 13.2 Å². The third-order valence-corrected chi connectivity index (χ3v) is 7.80. The standard InChI is InChI=1S/C22H21BrN2O3S/c23-20-9-3-4-10-21(20)24-22(26)18-8-5-13-25(15-18)29(27,28)19-12-11-16-6-1-2-7-17(16)14-19/h1-4,6-7,9-12,14,18H,5,8,13,15H2,(H,24,26)/t18-/m1/s1. The van der Waals surface area contributed by atoms with Gasteiger partial charge in [-0.2, -0.15) is 4.31 Å². The summed E-state index contributed by atoms with van der Waals surface area (Å²) in [6.07, 6.45) is 1.32. The quantitative estimate of drug-likeness (QED) is 0.601. The minimum Gasteiger partial charge on any atom is -0.325 e. The van der Waals surface area contributed by atoms with Crippen LogP contribution in [0.25, 0.3) is 10.8 Å². The maximum Gasteiger partial charge on any atom is 0.243 e. The van der Waals surface area contributed by atoms with Crippen LogP contribution in [0.15, 0.2) is 76.1 Å². The topological polar surface area (TPSA) is 66.5 Å². The van der Waals surface area contributed by atoms with Crippen molar-refractivity contribution < 1.29 is 13.2 Å². The van der Waals surface area contributed by atoms with Gasteiger partial charge >= 0.3 is 0 Å². The van der Waals surface area contributed by atoms with Crippen molar-refractivity contribution in [3.63, 3.8) is 0 Å². The van der Waals surface area contributed by atoms with Crippen LogP contribution in [-0.4, -0.2) is 31.7 Å². The number of sulfonamides is 1. The molecule has 1 aliphatic rings. The summed E-state index contributed by atoms with van der Waals surface area (Å²) in [6.45, 7) is 0.611. The highest BCUT2D eigenvalue weighted by Crippen LogP contribution is 2.28. The number of nitrogens with zero attached hydrogens (tertiary/aromatic N) is 1. The highest BCUT2D eigenvalue weighted by molar-refractivity contribution is 9.10. The zero-order valence-corrected chi connectivity index (χ0v) is 18.1. The maximum atomic E-state index is 13.2. The zero-order chi connectivity index (χ0) is 20.4. The van der Waals surface area contributed by atoms with E-state index in [0.717, 1.165) is 15.2 Å². The second-order valence-electron chi connectivity index (χ2n) is 7.18. The Hall–Kier alpha value is -2.22. The van der Waals surface area contributed by atoms with Gasteiger partial charge in [0.25, 0.3) is 0 Å². The fourth-order valence-corrected chi connectivity index (χ4v) is 5.59. The lowest BCUT2D eigenvalue weighted by Crippen LogP contribution is -2.43. The molecule has 1 atom stereocenters. The van der Waals surface area contributed by atoms with Crippen LogP contribution in [-0.2, 0) is 14.8 Å². The summed E-state index contributed by atoms with van der Waals surface area (Å²) < 4.78 is 28.6. The van der Waals surface area contributed by atoms with Crippen LogP contribution in [0, 0.1) is 5.92 Å². The van der Waals surface area contributed by atoms with Crippen LogP contribution in [0.4, 0.5) is 5.69 Å². The molecule has 7 heteroatoms. The molecule has 4 rings (SSSR count). The van der Waals surface area contributed by atoms with E-state index in [1.165, 1.54) is 4.31 Å². The predicted octanol–water partition coefficient (Wildman–Crippen LogP) is 4.64. The molecule has 0 radical (unpaired) electrons. The molecule has 1 heterocycles. The number of hydrogen-bond acceptors (Lipinski definition) is 3. The molecule has 1 fully saturated rings. The lowest BCUT2D eigenvalue weighted by atomic mass is 9.99. The second-order valence-corrected chi connectivity index (χ2v) is 9.97. The molecule has 0 unspecified atom stereocenters. The molecule has 3 aromatic rings. The Kier molecular flexibility index (Phi) is 5.72. The molecule has 1 N–H and O–H groups in total. The highest BCUT2D eigenvalue weighted by atomic mass is 79.9. The summed E-state index contributed by atoms with van der Waals surface area (Å²) in [5.74, 6) is -0.540. The lowest BCUT2D eigenvalue weighted by molar-refractivity contribution is -0.120. The molecular formula is C22H21BrN2O3S. The number of hydrogen-bond donors (Lipinski definition) is 1. The number of rotatable bonds is 4. The minimum absolute atomic E-state index is 0.157. The average Bonchev–Trinajstić information content (AvgIpc) is 2.75. The van der Waals surface area contributed by atoms with Gasteiger partial charge in [-0.1, -0.05) is 42.5 Å². The molecule has 1 amide bonds. The number of piperidine rings is 1. The Morgan fingerprint density at radius 1 is 1.00 bits per heavy atom. The lowest BCUT2D eigenvalue weighted by Gasteiger charge is -2.31.